The summed E-state index contributed by atoms with van der Waals surface area (Å²) in [5.41, 5.74) is 4.84. The Kier molecular flexibility index (Phi) is 12.2. The highest BCUT2D eigenvalue weighted by Gasteiger charge is 2.57. The Morgan fingerprint density at radius 1 is 0.848 bits per heavy atom. The van der Waals surface area contributed by atoms with Crippen LogP contribution in [-0.4, -0.2) is 61.2 Å². The lowest BCUT2D eigenvalue weighted by atomic mass is 9.89. The van der Waals surface area contributed by atoms with Crippen molar-refractivity contribution < 1.29 is 44.3 Å². The number of alkyl halides is 5. The van der Waals surface area contributed by atoms with E-state index in [0.717, 1.165) is 99.2 Å². The number of phenols is 1. The van der Waals surface area contributed by atoms with Gasteiger partial charge in [-0.1, -0.05) is 25.0 Å². The number of hydrogen-bond donors (Lipinski definition) is 1. The molecule has 2 aromatic rings. The van der Waals surface area contributed by atoms with Gasteiger partial charge in [-0.05, 0) is 129 Å². The molecule has 1 aliphatic carbocycles. The average Bonchev–Trinajstić information content (AvgIpc) is 3.34. The van der Waals surface area contributed by atoms with Gasteiger partial charge in [-0.3, -0.25) is 0 Å². The quantitative estimate of drug-likeness (QED) is 0.151. The van der Waals surface area contributed by atoms with Gasteiger partial charge >= 0.3 is 12.1 Å². The van der Waals surface area contributed by atoms with Crippen LogP contribution in [0.1, 0.15) is 93.7 Å². The van der Waals surface area contributed by atoms with Crippen LogP contribution in [0.25, 0.3) is 11.1 Å². The maximum Gasteiger partial charge on any atom is 0.453 e. The zero-order chi connectivity index (χ0) is 33.5. The Bertz CT molecular complexity index is 1470. The summed E-state index contributed by atoms with van der Waals surface area (Å²) in [5, 5.41) is 10.1. The Labute approximate surface area is 266 Å². The van der Waals surface area contributed by atoms with Crippen LogP contribution in [0.15, 0.2) is 36.4 Å². The minimum absolute atomic E-state index is 0.162. The van der Waals surface area contributed by atoms with Crippen LogP contribution in [0.5, 0.6) is 5.75 Å². The number of allylic oxidation sites excluding steroid dienone is 2. The molecular formula is C34H42F7NO3S. The van der Waals surface area contributed by atoms with Crippen molar-refractivity contribution in [3.8, 4) is 5.75 Å². The number of aromatic hydroxyl groups is 1. The molecule has 0 spiro atoms. The number of sulfone groups is 1. The molecule has 2 aromatic carbocycles. The molecular weight excluding hydrogens is 635 g/mol. The predicted octanol–water partition coefficient (Wildman–Crippen LogP) is 9.12. The monoisotopic (exact) mass is 677 g/mol. The van der Waals surface area contributed by atoms with Gasteiger partial charge in [0.15, 0.2) is 21.5 Å². The number of benzene rings is 2. The molecule has 1 N–H and O–H groups in total. The van der Waals surface area contributed by atoms with Crippen molar-refractivity contribution in [1.82, 2.24) is 4.90 Å². The summed E-state index contributed by atoms with van der Waals surface area (Å²) >= 11 is 0. The molecule has 1 aliphatic heterocycles. The van der Waals surface area contributed by atoms with Crippen LogP contribution in [0.4, 0.5) is 30.7 Å². The fraction of sp³-hybridized carbons (Fsp3) is 0.588. The number of halogens is 7. The van der Waals surface area contributed by atoms with Crippen LogP contribution in [0.2, 0.25) is 0 Å². The number of likely N-dealkylation sites (tertiary alicyclic amines) is 1. The lowest BCUT2D eigenvalue weighted by Gasteiger charge is -2.24. The van der Waals surface area contributed by atoms with Crippen LogP contribution in [0.3, 0.4) is 0 Å². The summed E-state index contributed by atoms with van der Waals surface area (Å²) in [6, 6.07) is 9.52. The van der Waals surface area contributed by atoms with E-state index in [1.54, 1.807) is 18.2 Å². The normalized spacial score (nSPS) is 18.2. The first-order valence-electron chi connectivity index (χ1n) is 16.1. The Balaban J connectivity index is 1.26. The van der Waals surface area contributed by atoms with Gasteiger partial charge in [0.05, 0.1) is 11.5 Å². The van der Waals surface area contributed by atoms with E-state index >= 15 is 0 Å². The number of aryl methyl sites for hydroxylation is 1. The fourth-order valence-corrected chi connectivity index (χ4v) is 8.07. The second kappa shape index (κ2) is 15.5. The molecule has 1 fully saturated rings. The Morgan fingerprint density at radius 3 is 2.35 bits per heavy atom. The molecule has 0 bridgehead atoms. The molecule has 4 nitrogen and oxygen atoms in total. The smallest absolute Gasteiger partial charge is 0.453 e. The van der Waals surface area contributed by atoms with Crippen molar-refractivity contribution in [2.45, 2.75) is 102 Å². The second-order valence-corrected chi connectivity index (χ2v) is 14.8. The summed E-state index contributed by atoms with van der Waals surface area (Å²) in [5.74, 6) is -8.19. The van der Waals surface area contributed by atoms with E-state index in [4.69, 9.17) is 0 Å². The molecule has 4 rings (SSSR count). The Morgan fingerprint density at radius 2 is 1.61 bits per heavy atom. The van der Waals surface area contributed by atoms with E-state index in [-0.39, 0.29) is 18.2 Å². The van der Waals surface area contributed by atoms with Crippen molar-refractivity contribution >= 4 is 21.0 Å². The molecule has 0 amide bonds. The maximum absolute atomic E-state index is 14.2. The molecule has 0 saturated carbocycles. The molecule has 1 atom stereocenters. The van der Waals surface area contributed by atoms with Crippen LogP contribution >= 0.6 is 0 Å². The van der Waals surface area contributed by atoms with Crippen molar-refractivity contribution in [3.05, 3.63) is 64.7 Å². The first kappa shape index (κ1) is 36.2. The SMILES string of the molecule is O=S(=O)(CCCC1CCCN1CCCCCCC1=C(c2ccc(F)c(F)c2)CCCc2cc(O)ccc21)CCC(F)(F)C(F)(F)F. The number of rotatable bonds is 15. The summed E-state index contributed by atoms with van der Waals surface area (Å²) < 4.78 is 115. The highest BCUT2D eigenvalue weighted by Crippen LogP contribution is 2.40. The van der Waals surface area contributed by atoms with Crippen molar-refractivity contribution in [1.29, 1.82) is 0 Å². The van der Waals surface area contributed by atoms with Crippen molar-refractivity contribution in [2.75, 3.05) is 24.6 Å². The molecule has 0 aromatic heterocycles. The number of unbranched alkanes of at least 4 members (excludes halogenated alkanes) is 3. The third-order valence-corrected chi connectivity index (χ3v) is 10.9. The van der Waals surface area contributed by atoms with Gasteiger partial charge in [-0.15, -0.1) is 0 Å². The molecule has 1 heterocycles. The van der Waals surface area contributed by atoms with Gasteiger partial charge in [0.25, 0.3) is 0 Å². The zero-order valence-corrected chi connectivity index (χ0v) is 26.6. The van der Waals surface area contributed by atoms with E-state index in [9.17, 15) is 44.3 Å². The molecule has 0 radical (unpaired) electrons. The molecule has 12 heteroatoms. The fourth-order valence-electron chi connectivity index (χ4n) is 6.69. The van der Waals surface area contributed by atoms with E-state index in [1.165, 1.54) is 6.07 Å². The van der Waals surface area contributed by atoms with E-state index in [2.05, 4.69) is 4.90 Å². The van der Waals surface area contributed by atoms with Crippen LogP contribution in [-0.2, 0) is 16.3 Å². The van der Waals surface area contributed by atoms with Gasteiger partial charge in [0.2, 0.25) is 0 Å². The zero-order valence-electron chi connectivity index (χ0n) is 25.8. The van der Waals surface area contributed by atoms with E-state index < -0.39 is 51.5 Å². The minimum atomic E-state index is -5.76. The number of phenolic OH excluding ortho intramolecular Hbond substituents is 1. The van der Waals surface area contributed by atoms with E-state index in [0.29, 0.717) is 18.4 Å². The maximum atomic E-state index is 14.2. The van der Waals surface area contributed by atoms with Gasteiger partial charge in [-0.2, -0.15) is 22.0 Å². The first-order valence-corrected chi connectivity index (χ1v) is 17.9. The summed E-state index contributed by atoms with van der Waals surface area (Å²) in [4.78, 5) is 2.31. The lowest BCUT2D eigenvalue weighted by Crippen LogP contribution is -2.38. The molecule has 2 aliphatic rings. The summed E-state index contributed by atoms with van der Waals surface area (Å²) in [7, 11) is -4.02. The highest BCUT2D eigenvalue weighted by atomic mass is 32.2. The minimum Gasteiger partial charge on any atom is -0.508 e. The topological polar surface area (TPSA) is 57.6 Å². The number of nitrogens with zero attached hydrogens (tertiary/aromatic N) is 1. The lowest BCUT2D eigenvalue weighted by molar-refractivity contribution is -0.282. The van der Waals surface area contributed by atoms with Crippen LogP contribution in [0, 0.1) is 11.6 Å². The van der Waals surface area contributed by atoms with Crippen molar-refractivity contribution in [3.63, 3.8) is 0 Å². The van der Waals surface area contributed by atoms with Crippen LogP contribution < -0.4 is 0 Å². The van der Waals surface area contributed by atoms with Gasteiger partial charge in [-0.25, -0.2) is 17.2 Å². The summed E-state index contributed by atoms with van der Waals surface area (Å²) in [6.07, 6.45) is 1.89. The van der Waals surface area contributed by atoms with Gasteiger partial charge < -0.3 is 10.0 Å². The molecule has 256 valence electrons. The van der Waals surface area contributed by atoms with Gasteiger partial charge in [0.1, 0.15) is 5.75 Å². The third-order valence-electron chi connectivity index (χ3n) is 9.17. The summed E-state index contributed by atoms with van der Waals surface area (Å²) in [6.45, 7) is 1.71. The van der Waals surface area contributed by atoms with E-state index in [1.807, 2.05) is 6.07 Å². The van der Waals surface area contributed by atoms with Gasteiger partial charge in [0, 0.05) is 12.5 Å². The standard InChI is InChI=1S/C34H42F7NO3S/c35-31-16-13-25(23-32(31)36)28-12-5-8-24-22-27(43)14-15-29(24)30(28)11-3-1-2-4-18-42-19-6-9-26(42)10-7-20-46(44,45)21-17-33(37,38)34(39,40)41/h13-16,22-23,26,43H,1-12,17-21H2. The predicted molar refractivity (Wildman–Crippen MR) is 165 cm³/mol. The second-order valence-electron chi connectivity index (χ2n) is 12.5. The number of hydrogen-bond acceptors (Lipinski definition) is 4. The highest BCUT2D eigenvalue weighted by molar-refractivity contribution is 7.91. The molecule has 46 heavy (non-hydrogen) atoms. The molecule has 1 saturated heterocycles. The Hall–Kier alpha value is -2.60. The third kappa shape index (κ3) is 9.71. The van der Waals surface area contributed by atoms with Crippen molar-refractivity contribution in [2.24, 2.45) is 0 Å². The first-order chi connectivity index (χ1) is 21.7. The molecule has 1 unspecified atom stereocenters. The average molecular weight is 678 g/mol. The number of fused-ring (bicyclic) bond motifs is 1. The largest absolute Gasteiger partial charge is 0.508 e.